The first-order valence-corrected chi connectivity index (χ1v) is 9.48. The van der Waals surface area contributed by atoms with Gasteiger partial charge in [-0.1, -0.05) is 17.8 Å². The molecule has 3 aromatic rings. The molecule has 0 aliphatic carbocycles. The summed E-state index contributed by atoms with van der Waals surface area (Å²) in [6, 6.07) is 9.31. The normalized spacial score (nSPS) is 11.9. The molecular formula is C19H12F6N4OS. The van der Waals surface area contributed by atoms with Crippen molar-refractivity contribution in [2.24, 2.45) is 0 Å². The number of aromatic nitrogens is 3. The van der Waals surface area contributed by atoms with Crippen molar-refractivity contribution < 1.29 is 31.1 Å². The van der Waals surface area contributed by atoms with E-state index in [4.69, 9.17) is 0 Å². The van der Waals surface area contributed by atoms with Crippen LogP contribution in [-0.4, -0.2) is 26.8 Å². The number of carbonyl (C=O) groups excluding carboxylic acids is 1. The van der Waals surface area contributed by atoms with E-state index in [0.29, 0.717) is 28.5 Å². The number of hydrogen-bond donors (Lipinski definition) is 1. The van der Waals surface area contributed by atoms with Crippen LogP contribution in [0.3, 0.4) is 0 Å². The molecule has 0 aliphatic heterocycles. The van der Waals surface area contributed by atoms with E-state index in [-0.39, 0.29) is 11.8 Å². The number of amides is 1. The minimum absolute atomic E-state index is 0.0108. The summed E-state index contributed by atoms with van der Waals surface area (Å²) < 4.78 is 77.4. The van der Waals surface area contributed by atoms with Gasteiger partial charge in [0.2, 0.25) is 5.91 Å². The lowest BCUT2D eigenvalue weighted by atomic mass is 10.1. The molecule has 5 nitrogen and oxygen atoms in total. The number of benzene rings is 1. The number of halogens is 6. The Morgan fingerprint density at radius 2 is 1.55 bits per heavy atom. The van der Waals surface area contributed by atoms with Gasteiger partial charge >= 0.3 is 12.4 Å². The molecule has 0 saturated heterocycles. The van der Waals surface area contributed by atoms with Crippen LogP contribution in [0.25, 0.3) is 11.4 Å². The van der Waals surface area contributed by atoms with Crippen molar-refractivity contribution in [2.75, 3.05) is 11.1 Å². The highest BCUT2D eigenvalue weighted by molar-refractivity contribution is 7.99. The number of pyridine rings is 1. The lowest BCUT2D eigenvalue weighted by molar-refractivity contribution is -0.143. The highest BCUT2D eigenvalue weighted by Gasteiger charge is 2.37. The first-order valence-electron chi connectivity index (χ1n) is 8.49. The van der Waals surface area contributed by atoms with Gasteiger partial charge in [0.15, 0.2) is 0 Å². The molecule has 0 unspecified atom stereocenters. The van der Waals surface area contributed by atoms with Crippen LogP contribution in [0.5, 0.6) is 0 Å². The van der Waals surface area contributed by atoms with E-state index >= 15 is 0 Å². The molecule has 3 rings (SSSR count). The second-order valence-electron chi connectivity index (χ2n) is 6.10. The molecule has 162 valence electrons. The molecule has 12 heteroatoms. The molecule has 31 heavy (non-hydrogen) atoms. The van der Waals surface area contributed by atoms with E-state index in [9.17, 15) is 31.1 Å². The van der Waals surface area contributed by atoms with E-state index in [1.54, 1.807) is 36.5 Å². The Balaban J connectivity index is 1.67. The van der Waals surface area contributed by atoms with Crippen molar-refractivity contribution in [3.05, 3.63) is 65.9 Å². The van der Waals surface area contributed by atoms with Gasteiger partial charge in [-0.05, 0) is 42.5 Å². The molecule has 0 bridgehead atoms. The monoisotopic (exact) mass is 458 g/mol. The minimum atomic E-state index is -5.00. The van der Waals surface area contributed by atoms with Gasteiger partial charge in [-0.2, -0.15) is 26.3 Å². The molecule has 2 aromatic heterocycles. The van der Waals surface area contributed by atoms with Crippen molar-refractivity contribution in [2.45, 2.75) is 17.4 Å². The third-order valence-corrected chi connectivity index (χ3v) is 4.71. The van der Waals surface area contributed by atoms with Gasteiger partial charge in [-0.25, -0.2) is 0 Å². The van der Waals surface area contributed by atoms with Crippen LogP contribution in [-0.2, 0) is 17.1 Å². The number of nitrogens with one attached hydrogen (secondary N) is 1. The zero-order valence-corrected chi connectivity index (χ0v) is 16.1. The van der Waals surface area contributed by atoms with E-state index in [0.717, 1.165) is 11.8 Å². The first-order chi connectivity index (χ1) is 14.5. The SMILES string of the molecule is O=C(CSc1ccc(-c2ccccn2)nn1)Nc1cc(C(F)(F)F)cc(C(F)(F)F)c1. The fraction of sp³-hybridized carbons (Fsp3) is 0.158. The largest absolute Gasteiger partial charge is 0.416 e. The number of nitrogens with zero attached hydrogens (tertiary/aromatic N) is 3. The summed E-state index contributed by atoms with van der Waals surface area (Å²) in [6.07, 6.45) is -8.41. The molecule has 1 aromatic carbocycles. The summed E-state index contributed by atoms with van der Waals surface area (Å²) in [7, 11) is 0. The predicted octanol–water partition coefficient (Wildman–Crippen LogP) is 5.31. The van der Waals surface area contributed by atoms with Crippen molar-refractivity contribution in [1.82, 2.24) is 15.2 Å². The summed E-state index contributed by atoms with van der Waals surface area (Å²) in [5.74, 6) is -1.09. The average molecular weight is 458 g/mol. The molecule has 0 radical (unpaired) electrons. The first kappa shape index (κ1) is 22.5. The van der Waals surface area contributed by atoms with Crippen molar-refractivity contribution in [1.29, 1.82) is 0 Å². The zero-order chi connectivity index (χ0) is 22.6. The second-order valence-corrected chi connectivity index (χ2v) is 7.10. The molecule has 0 saturated carbocycles. The highest BCUT2D eigenvalue weighted by atomic mass is 32.2. The smallest absolute Gasteiger partial charge is 0.325 e. The van der Waals surface area contributed by atoms with Crippen LogP contribution in [0.2, 0.25) is 0 Å². The van der Waals surface area contributed by atoms with Crippen molar-refractivity contribution in [3.8, 4) is 11.4 Å². The van der Waals surface area contributed by atoms with Crippen LogP contribution >= 0.6 is 11.8 Å². The Hall–Kier alpha value is -3.15. The van der Waals surface area contributed by atoms with E-state index < -0.39 is 35.1 Å². The Morgan fingerprint density at radius 3 is 2.06 bits per heavy atom. The maximum atomic E-state index is 12.9. The van der Waals surface area contributed by atoms with E-state index in [2.05, 4.69) is 20.5 Å². The molecule has 0 spiro atoms. The summed E-state index contributed by atoms with van der Waals surface area (Å²) >= 11 is 0.921. The number of thioether (sulfide) groups is 1. The Morgan fingerprint density at radius 1 is 0.871 bits per heavy atom. The molecule has 2 heterocycles. The number of alkyl halides is 6. The van der Waals surface area contributed by atoms with Crippen LogP contribution in [0.15, 0.2) is 59.8 Å². The summed E-state index contributed by atoms with van der Waals surface area (Å²) in [5.41, 5.74) is -2.54. The van der Waals surface area contributed by atoms with Crippen LogP contribution in [0, 0.1) is 0 Å². The van der Waals surface area contributed by atoms with Gasteiger partial charge in [0.05, 0.1) is 22.6 Å². The maximum Gasteiger partial charge on any atom is 0.416 e. The standard InChI is InChI=1S/C19H12F6N4OS/c20-18(21,22)11-7-12(19(23,24)25)9-13(8-11)27-16(30)10-31-17-5-4-15(28-29-17)14-3-1-2-6-26-14/h1-9H,10H2,(H,27,30). The Bertz CT molecular complexity index is 1020. The number of rotatable bonds is 5. The topological polar surface area (TPSA) is 67.8 Å². The number of anilines is 1. The van der Waals surface area contributed by atoms with E-state index in [1.165, 1.54) is 0 Å². The number of hydrogen-bond acceptors (Lipinski definition) is 5. The zero-order valence-electron chi connectivity index (χ0n) is 15.3. The molecule has 1 amide bonds. The molecule has 0 fully saturated rings. The third-order valence-electron chi connectivity index (χ3n) is 3.79. The van der Waals surface area contributed by atoms with E-state index in [1.807, 2.05) is 0 Å². The lowest BCUT2D eigenvalue weighted by Gasteiger charge is -2.14. The fourth-order valence-electron chi connectivity index (χ4n) is 2.41. The lowest BCUT2D eigenvalue weighted by Crippen LogP contribution is -2.17. The van der Waals surface area contributed by atoms with Crippen LogP contribution in [0.4, 0.5) is 32.0 Å². The van der Waals surface area contributed by atoms with Gasteiger partial charge < -0.3 is 5.32 Å². The quantitative estimate of drug-likeness (QED) is 0.415. The van der Waals surface area contributed by atoms with Crippen LogP contribution < -0.4 is 5.32 Å². The Kier molecular flexibility index (Phi) is 6.48. The van der Waals surface area contributed by atoms with Gasteiger partial charge in [0, 0.05) is 11.9 Å². The van der Waals surface area contributed by atoms with Gasteiger partial charge in [-0.3, -0.25) is 9.78 Å². The summed E-state index contributed by atoms with van der Waals surface area (Å²) in [5, 5.41) is 10.3. The predicted molar refractivity (Wildman–Crippen MR) is 101 cm³/mol. The average Bonchev–Trinajstić information content (AvgIpc) is 2.72. The highest BCUT2D eigenvalue weighted by Crippen LogP contribution is 2.37. The molecule has 1 N–H and O–H groups in total. The molecular weight excluding hydrogens is 446 g/mol. The second kappa shape index (κ2) is 8.92. The van der Waals surface area contributed by atoms with Gasteiger partial charge in [-0.15, -0.1) is 10.2 Å². The van der Waals surface area contributed by atoms with Gasteiger partial charge in [0.1, 0.15) is 10.7 Å². The third kappa shape index (κ3) is 6.17. The number of carbonyl (C=O) groups is 1. The van der Waals surface area contributed by atoms with Crippen LogP contribution in [0.1, 0.15) is 11.1 Å². The van der Waals surface area contributed by atoms with Crippen molar-refractivity contribution in [3.63, 3.8) is 0 Å². The van der Waals surface area contributed by atoms with Crippen molar-refractivity contribution >= 4 is 23.4 Å². The summed E-state index contributed by atoms with van der Waals surface area (Å²) in [6.45, 7) is 0. The minimum Gasteiger partial charge on any atom is -0.325 e. The maximum absolute atomic E-state index is 12.9. The van der Waals surface area contributed by atoms with Gasteiger partial charge in [0.25, 0.3) is 0 Å². The Labute approximate surface area is 175 Å². The summed E-state index contributed by atoms with van der Waals surface area (Å²) in [4.78, 5) is 16.2. The fourth-order valence-corrected chi connectivity index (χ4v) is 3.03. The molecule has 0 atom stereocenters. The molecule has 0 aliphatic rings.